The van der Waals surface area contributed by atoms with Gasteiger partial charge >= 0.3 is 0 Å². The minimum absolute atomic E-state index is 0.00926. The number of amides is 1. The minimum Gasteiger partial charge on any atom is -0.354 e. The molecule has 0 aliphatic carbocycles. The van der Waals surface area contributed by atoms with Gasteiger partial charge in [-0.05, 0) is 38.0 Å². The number of hydrogen-bond donors (Lipinski definition) is 1. The first-order chi connectivity index (χ1) is 12.6. The normalized spacial score (nSPS) is 16.8. The quantitative estimate of drug-likeness (QED) is 0.748. The first kappa shape index (κ1) is 16.8. The maximum atomic E-state index is 12.5. The molecule has 1 fully saturated rings. The lowest BCUT2D eigenvalue weighted by Crippen LogP contribution is -2.41. The van der Waals surface area contributed by atoms with Crippen LogP contribution in [0.3, 0.4) is 0 Å². The Kier molecular flexibility index (Phi) is 4.50. The molecule has 0 saturated carbocycles. The molecule has 1 unspecified atom stereocenters. The number of anilines is 1. The topological polar surface area (TPSA) is 97.3 Å². The van der Waals surface area contributed by atoms with Crippen molar-refractivity contribution in [1.29, 1.82) is 0 Å². The molecular weight excluding hydrogens is 358 g/mol. The summed E-state index contributed by atoms with van der Waals surface area (Å²) in [4.78, 5) is 18.6. The molecule has 1 saturated heterocycles. The third kappa shape index (κ3) is 3.24. The largest absolute Gasteiger partial charge is 0.354 e. The van der Waals surface area contributed by atoms with Crippen molar-refractivity contribution in [2.75, 3.05) is 18.0 Å². The molecule has 2 aromatic heterocycles. The van der Waals surface area contributed by atoms with E-state index in [4.69, 9.17) is 20.6 Å². The molecule has 8 nitrogen and oxygen atoms in total. The molecule has 4 rings (SSSR count). The van der Waals surface area contributed by atoms with Crippen LogP contribution in [-0.2, 0) is 4.79 Å². The van der Waals surface area contributed by atoms with Gasteiger partial charge in [-0.25, -0.2) is 0 Å². The van der Waals surface area contributed by atoms with Crippen LogP contribution in [0.25, 0.3) is 11.0 Å². The second-order valence-electron chi connectivity index (χ2n) is 6.43. The lowest BCUT2D eigenvalue weighted by Gasteiger charge is -2.31. The summed E-state index contributed by atoms with van der Waals surface area (Å²) in [6.45, 7) is 3.29. The highest BCUT2D eigenvalue weighted by atomic mass is 35.5. The maximum absolute atomic E-state index is 12.5. The van der Waals surface area contributed by atoms with Crippen LogP contribution in [0.1, 0.15) is 31.6 Å². The van der Waals surface area contributed by atoms with Gasteiger partial charge in [-0.15, -0.1) is 0 Å². The zero-order valence-electron chi connectivity index (χ0n) is 14.2. The highest BCUT2D eigenvalue weighted by molar-refractivity contribution is 6.31. The number of benzene rings is 1. The first-order valence-electron chi connectivity index (χ1n) is 8.48. The predicted molar refractivity (Wildman–Crippen MR) is 94.8 cm³/mol. The average Bonchev–Trinajstić information content (AvgIpc) is 3.31. The number of piperidine rings is 1. The Hall–Kier alpha value is -2.61. The van der Waals surface area contributed by atoms with E-state index >= 15 is 0 Å². The van der Waals surface area contributed by atoms with Crippen LogP contribution in [0.2, 0.25) is 5.02 Å². The summed E-state index contributed by atoms with van der Waals surface area (Å²) in [5, 5.41) is 12.4. The number of carbonyl (C=O) groups is 1. The maximum Gasteiger partial charge on any atom is 0.223 e. The lowest BCUT2D eigenvalue weighted by atomic mass is 9.95. The number of hydrogen-bond acceptors (Lipinski definition) is 7. The Balaban J connectivity index is 1.39. The minimum atomic E-state index is -0.277. The van der Waals surface area contributed by atoms with Crippen LogP contribution >= 0.6 is 11.6 Å². The predicted octanol–water partition coefficient (Wildman–Crippen LogP) is 2.96. The van der Waals surface area contributed by atoms with Crippen molar-refractivity contribution in [3.8, 4) is 0 Å². The third-order valence-corrected chi connectivity index (χ3v) is 4.94. The number of halogens is 1. The average molecular weight is 376 g/mol. The second-order valence-corrected chi connectivity index (χ2v) is 6.86. The number of rotatable bonds is 4. The molecule has 0 bridgehead atoms. The van der Waals surface area contributed by atoms with Crippen LogP contribution < -0.4 is 10.2 Å². The second kappa shape index (κ2) is 6.95. The van der Waals surface area contributed by atoms with E-state index < -0.39 is 0 Å². The number of aromatic nitrogens is 3. The van der Waals surface area contributed by atoms with E-state index in [1.54, 1.807) is 6.07 Å². The van der Waals surface area contributed by atoms with Gasteiger partial charge in [0.25, 0.3) is 0 Å². The molecule has 136 valence electrons. The summed E-state index contributed by atoms with van der Waals surface area (Å²) in [5.74, 6) is 1.21. The SMILES string of the molecule is CC(NC(=O)C1CCN(c2noc3ccc(Cl)cc23)CC1)c1ncon1. The van der Waals surface area contributed by atoms with Gasteiger partial charge in [0.1, 0.15) is 0 Å². The van der Waals surface area contributed by atoms with E-state index in [0.717, 1.165) is 37.1 Å². The van der Waals surface area contributed by atoms with Gasteiger partial charge in [0.05, 0.1) is 11.4 Å². The van der Waals surface area contributed by atoms with Crippen molar-refractivity contribution < 1.29 is 13.8 Å². The molecule has 1 aliphatic heterocycles. The Labute approximate surface area is 154 Å². The highest BCUT2D eigenvalue weighted by Gasteiger charge is 2.28. The van der Waals surface area contributed by atoms with Crippen LogP contribution in [-0.4, -0.2) is 34.3 Å². The van der Waals surface area contributed by atoms with Gasteiger partial charge in [0, 0.05) is 24.0 Å². The Morgan fingerprint density at radius 2 is 2.15 bits per heavy atom. The van der Waals surface area contributed by atoms with E-state index in [9.17, 15) is 4.79 Å². The summed E-state index contributed by atoms with van der Waals surface area (Å²) in [6, 6.07) is 5.17. The van der Waals surface area contributed by atoms with Crippen LogP contribution in [0.5, 0.6) is 0 Å². The van der Waals surface area contributed by atoms with Crippen molar-refractivity contribution in [1.82, 2.24) is 20.6 Å². The molecular formula is C17H18ClN5O3. The molecule has 1 N–H and O–H groups in total. The molecule has 1 aliphatic rings. The highest BCUT2D eigenvalue weighted by Crippen LogP contribution is 2.31. The third-order valence-electron chi connectivity index (χ3n) is 4.70. The van der Waals surface area contributed by atoms with Crippen molar-refractivity contribution >= 4 is 34.3 Å². The molecule has 3 aromatic rings. The van der Waals surface area contributed by atoms with Crippen LogP contribution in [0.15, 0.2) is 33.6 Å². The molecule has 26 heavy (non-hydrogen) atoms. The van der Waals surface area contributed by atoms with Gasteiger partial charge in [-0.1, -0.05) is 21.9 Å². The van der Waals surface area contributed by atoms with E-state index in [0.29, 0.717) is 16.4 Å². The Morgan fingerprint density at radius 1 is 1.35 bits per heavy atom. The summed E-state index contributed by atoms with van der Waals surface area (Å²) in [7, 11) is 0. The molecule has 1 amide bonds. The fourth-order valence-corrected chi connectivity index (χ4v) is 3.42. The van der Waals surface area contributed by atoms with Gasteiger partial charge in [0.15, 0.2) is 17.2 Å². The Morgan fingerprint density at radius 3 is 2.88 bits per heavy atom. The lowest BCUT2D eigenvalue weighted by molar-refractivity contribution is -0.126. The number of nitrogens with one attached hydrogen (secondary N) is 1. The first-order valence-corrected chi connectivity index (χ1v) is 8.86. The summed E-state index contributed by atoms with van der Waals surface area (Å²) in [6.07, 6.45) is 2.73. The van der Waals surface area contributed by atoms with Gasteiger partial charge in [-0.3, -0.25) is 4.79 Å². The molecule has 1 aromatic carbocycles. The van der Waals surface area contributed by atoms with Crippen molar-refractivity contribution in [2.24, 2.45) is 5.92 Å². The molecule has 3 heterocycles. The van der Waals surface area contributed by atoms with E-state index in [-0.39, 0.29) is 17.9 Å². The van der Waals surface area contributed by atoms with Crippen LogP contribution in [0.4, 0.5) is 5.82 Å². The summed E-state index contributed by atoms with van der Waals surface area (Å²) in [5.41, 5.74) is 0.707. The van der Waals surface area contributed by atoms with E-state index in [1.807, 2.05) is 19.1 Å². The van der Waals surface area contributed by atoms with E-state index in [1.165, 1.54) is 6.39 Å². The fraction of sp³-hybridized carbons (Fsp3) is 0.412. The number of carbonyl (C=O) groups excluding carboxylic acids is 1. The number of nitrogens with zero attached hydrogens (tertiary/aromatic N) is 4. The Bertz CT molecular complexity index is 902. The molecule has 1 atom stereocenters. The zero-order valence-corrected chi connectivity index (χ0v) is 14.9. The van der Waals surface area contributed by atoms with Gasteiger partial charge < -0.3 is 19.3 Å². The van der Waals surface area contributed by atoms with E-state index in [2.05, 4.69) is 25.5 Å². The smallest absolute Gasteiger partial charge is 0.223 e. The standard InChI is InChI=1S/C17H18ClN5O3/c1-10(15-19-9-25-21-15)20-17(24)11-4-6-23(7-5-11)16-13-8-12(18)2-3-14(13)26-22-16/h2-3,8-11H,4-7H2,1H3,(H,20,24). The fourth-order valence-electron chi connectivity index (χ4n) is 3.25. The molecule has 0 radical (unpaired) electrons. The summed E-state index contributed by atoms with van der Waals surface area (Å²) < 4.78 is 10.1. The van der Waals surface area contributed by atoms with Gasteiger partial charge in [0.2, 0.25) is 12.3 Å². The van der Waals surface area contributed by atoms with Crippen molar-refractivity contribution in [2.45, 2.75) is 25.8 Å². The molecule has 9 heteroatoms. The monoisotopic (exact) mass is 375 g/mol. The zero-order chi connectivity index (χ0) is 18.1. The molecule has 0 spiro atoms. The number of fused-ring (bicyclic) bond motifs is 1. The van der Waals surface area contributed by atoms with Crippen LogP contribution in [0, 0.1) is 5.92 Å². The van der Waals surface area contributed by atoms with Gasteiger partial charge in [-0.2, -0.15) is 4.98 Å². The van der Waals surface area contributed by atoms with Crippen molar-refractivity contribution in [3.63, 3.8) is 0 Å². The summed E-state index contributed by atoms with van der Waals surface area (Å²) >= 11 is 6.08. The van der Waals surface area contributed by atoms with Crippen molar-refractivity contribution in [3.05, 3.63) is 35.4 Å².